The van der Waals surface area contributed by atoms with Gasteiger partial charge in [-0.05, 0) is 12.1 Å². The van der Waals surface area contributed by atoms with Crippen LogP contribution >= 0.6 is 0 Å². The number of rotatable bonds is 4. The maximum atomic E-state index is 13.8. The Bertz CT molecular complexity index is 1150. The molecule has 3 amide bonds. The standard InChI is InChI=1S/C24H21FN4O2/c1-29-20-14-8-6-12-18(20)21(16-9-3-2-4-10-16)27-22(23(29)30)28-24(31)26-15-17-11-5-7-13-19(17)25/h2-14,22H,15H2,1H3,(H2,26,28,31). The highest BCUT2D eigenvalue weighted by molar-refractivity contribution is 6.20. The van der Waals surface area contributed by atoms with Gasteiger partial charge in [0.2, 0.25) is 6.17 Å². The molecule has 2 N–H and O–H groups in total. The van der Waals surface area contributed by atoms with Crippen LogP contribution in [0.5, 0.6) is 0 Å². The highest BCUT2D eigenvalue weighted by Crippen LogP contribution is 2.27. The van der Waals surface area contributed by atoms with Gasteiger partial charge < -0.3 is 15.5 Å². The number of hydrogen-bond acceptors (Lipinski definition) is 3. The second-order valence-electron chi connectivity index (χ2n) is 7.08. The van der Waals surface area contributed by atoms with E-state index in [-0.39, 0.29) is 12.5 Å². The number of urea groups is 1. The zero-order valence-electron chi connectivity index (χ0n) is 16.9. The second kappa shape index (κ2) is 8.79. The van der Waals surface area contributed by atoms with Crippen LogP contribution in [0.1, 0.15) is 16.7 Å². The molecule has 0 aromatic heterocycles. The van der Waals surface area contributed by atoms with E-state index in [0.717, 1.165) is 11.1 Å². The number of aliphatic imine (C=N–C) groups is 1. The van der Waals surface area contributed by atoms with Gasteiger partial charge in [-0.15, -0.1) is 0 Å². The van der Waals surface area contributed by atoms with Gasteiger partial charge in [-0.25, -0.2) is 14.2 Å². The molecule has 1 aliphatic rings. The molecule has 3 aromatic rings. The Kier molecular flexibility index (Phi) is 5.75. The molecular weight excluding hydrogens is 395 g/mol. The molecule has 156 valence electrons. The molecular formula is C24H21FN4O2. The van der Waals surface area contributed by atoms with Crippen molar-refractivity contribution < 1.29 is 14.0 Å². The molecule has 0 saturated heterocycles. The molecule has 1 aliphatic heterocycles. The molecule has 1 unspecified atom stereocenters. The summed E-state index contributed by atoms with van der Waals surface area (Å²) in [5.41, 5.74) is 3.28. The monoisotopic (exact) mass is 416 g/mol. The Labute approximate surface area is 179 Å². The number of carbonyl (C=O) groups is 2. The fourth-order valence-corrected chi connectivity index (χ4v) is 3.43. The van der Waals surface area contributed by atoms with Gasteiger partial charge >= 0.3 is 6.03 Å². The van der Waals surface area contributed by atoms with E-state index < -0.39 is 18.0 Å². The molecule has 1 heterocycles. The summed E-state index contributed by atoms with van der Waals surface area (Å²) in [5, 5.41) is 5.20. The van der Waals surface area contributed by atoms with E-state index in [2.05, 4.69) is 15.6 Å². The number of para-hydroxylation sites is 1. The van der Waals surface area contributed by atoms with Crippen LogP contribution in [0.25, 0.3) is 0 Å². The minimum Gasteiger partial charge on any atom is -0.334 e. The first kappa shape index (κ1) is 20.3. The minimum atomic E-state index is -1.13. The first-order valence-electron chi connectivity index (χ1n) is 9.82. The summed E-state index contributed by atoms with van der Waals surface area (Å²) in [6, 6.07) is 22.5. The maximum Gasteiger partial charge on any atom is 0.317 e. The first-order valence-corrected chi connectivity index (χ1v) is 9.82. The number of hydrogen-bond donors (Lipinski definition) is 2. The van der Waals surface area contributed by atoms with Gasteiger partial charge in [-0.3, -0.25) is 4.79 Å². The van der Waals surface area contributed by atoms with Gasteiger partial charge in [-0.2, -0.15) is 0 Å². The summed E-state index contributed by atoms with van der Waals surface area (Å²) in [6.07, 6.45) is -1.13. The van der Waals surface area contributed by atoms with Crippen LogP contribution in [0.15, 0.2) is 83.9 Å². The Morgan fingerprint density at radius 2 is 1.68 bits per heavy atom. The van der Waals surface area contributed by atoms with Crippen molar-refractivity contribution in [3.63, 3.8) is 0 Å². The summed E-state index contributed by atoms with van der Waals surface area (Å²) in [7, 11) is 1.65. The zero-order valence-corrected chi connectivity index (χ0v) is 16.9. The SMILES string of the molecule is CN1C(=O)C(NC(=O)NCc2ccccc2F)N=C(c2ccccc2)c2ccccc21. The molecule has 31 heavy (non-hydrogen) atoms. The first-order chi connectivity index (χ1) is 15.0. The Balaban J connectivity index is 1.62. The largest absolute Gasteiger partial charge is 0.334 e. The number of halogens is 1. The fourth-order valence-electron chi connectivity index (χ4n) is 3.43. The smallest absolute Gasteiger partial charge is 0.317 e. The molecule has 0 saturated carbocycles. The number of likely N-dealkylation sites (N-methyl/N-ethyl adjacent to an activating group) is 1. The molecule has 3 aromatic carbocycles. The predicted molar refractivity (Wildman–Crippen MR) is 117 cm³/mol. The quantitative estimate of drug-likeness (QED) is 0.684. The third-order valence-corrected chi connectivity index (χ3v) is 5.06. The van der Waals surface area contributed by atoms with Crippen LogP contribution < -0.4 is 15.5 Å². The van der Waals surface area contributed by atoms with E-state index in [0.29, 0.717) is 17.0 Å². The number of fused-ring (bicyclic) bond motifs is 1. The normalized spacial score (nSPS) is 15.5. The van der Waals surface area contributed by atoms with Crippen LogP contribution in [0.2, 0.25) is 0 Å². The molecule has 0 spiro atoms. The van der Waals surface area contributed by atoms with Crippen LogP contribution in [-0.2, 0) is 11.3 Å². The number of nitrogens with zero attached hydrogens (tertiary/aromatic N) is 2. The molecule has 0 aliphatic carbocycles. The number of amides is 3. The molecule has 0 fully saturated rings. The van der Waals surface area contributed by atoms with Crippen molar-refractivity contribution in [1.82, 2.24) is 10.6 Å². The molecule has 4 rings (SSSR count). The molecule has 7 heteroatoms. The van der Waals surface area contributed by atoms with E-state index in [9.17, 15) is 14.0 Å². The maximum absolute atomic E-state index is 13.8. The molecule has 1 atom stereocenters. The van der Waals surface area contributed by atoms with Crippen molar-refractivity contribution in [2.24, 2.45) is 4.99 Å². The van der Waals surface area contributed by atoms with E-state index in [1.165, 1.54) is 11.0 Å². The number of nitrogens with one attached hydrogen (secondary N) is 2. The number of carbonyl (C=O) groups excluding carboxylic acids is 2. The van der Waals surface area contributed by atoms with Crippen molar-refractivity contribution >= 4 is 23.3 Å². The van der Waals surface area contributed by atoms with Crippen LogP contribution in [0.3, 0.4) is 0 Å². The summed E-state index contributed by atoms with van der Waals surface area (Å²) in [4.78, 5) is 31.7. The van der Waals surface area contributed by atoms with E-state index in [1.807, 2.05) is 54.6 Å². The molecule has 6 nitrogen and oxygen atoms in total. The third-order valence-electron chi connectivity index (χ3n) is 5.06. The van der Waals surface area contributed by atoms with Gasteiger partial charge in [0.05, 0.1) is 11.4 Å². The Morgan fingerprint density at radius 3 is 2.45 bits per heavy atom. The third kappa shape index (κ3) is 4.30. The highest BCUT2D eigenvalue weighted by atomic mass is 19.1. The van der Waals surface area contributed by atoms with Gasteiger partial charge in [0.15, 0.2) is 0 Å². The average molecular weight is 416 g/mol. The fraction of sp³-hybridized carbons (Fsp3) is 0.125. The molecule has 0 bridgehead atoms. The van der Waals surface area contributed by atoms with Gasteiger partial charge in [0.1, 0.15) is 5.82 Å². The van der Waals surface area contributed by atoms with Crippen molar-refractivity contribution in [3.8, 4) is 0 Å². The lowest BCUT2D eigenvalue weighted by Gasteiger charge is -2.21. The van der Waals surface area contributed by atoms with Gasteiger partial charge in [0.25, 0.3) is 5.91 Å². The lowest BCUT2D eigenvalue weighted by atomic mass is 10.0. The van der Waals surface area contributed by atoms with Crippen molar-refractivity contribution in [2.45, 2.75) is 12.7 Å². The van der Waals surface area contributed by atoms with Crippen molar-refractivity contribution in [2.75, 3.05) is 11.9 Å². The Morgan fingerprint density at radius 1 is 1.00 bits per heavy atom. The zero-order chi connectivity index (χ0) is 21.8. The van der Waals surface area contributed by atoms with Crippen LogP contribution in [-0.4, -0.2) is 30.9 Å². The Hall–Kier alpha value is -4.00. The van der Waals surface area contributed by atoms with Gasteiger partial charge in [-0.1, -0.05) is 66.7 Å². The number of benzodiazepines with no additional fused rings is 1. The summed E-state index contributed by atoms with van der Waals surface area (Å²) in [6.45, 7) is -0.00919. The van der Waals surface area contributed by atoms with Gasteiger partial charge in [0, 0.05) is 30.3 Å². The van der Waals surface area contributed by atoms with Crippen LogP contribution in [0.4, 0.5) is 14.9 Å². The van der Waals surface area contributed by atoms with Crippen LogP contribution in [0, 0.1) is 5.82 Å². The second-order valence-corrected chi connectivity index (χ2v) is 7.08. The van der Waals surface area contributed by atoms with E-state index in [4.69, 9.17) is 0 Å². The van der Waals surface area contributed by atoms with Crippen molar-refractivity contribution in [1.29, 1.82) is 0 Å². The van der Waals surface area contributed by atoms with Crippen molar-refractivity contribution in [3.05, 3.63) is 101 Å². The number of benzene rings is 3. The lowest BCUT2D eigenvalue weighted by Crippen LogP contribution is -2.49. The predicted octanol–water partition coefficient (Wildman–Crippen LogP) is 3.47. The highest BCUT2D eigenvalue weighted by Gasteiger charge is 2.30. The van der Waals surface area contributed by atoms with E-state index >= 15 is 0 Å². The molecule has 0 radical (unpaired) electrons. The average Bonchev–Trinajstić information content (AvgIpc) is 2.90. The number of anilines is 1. The van der Waals surface area contributed by atoms with E-state index in [1.54, 1.807) is 25.2 Å². The minimum absolute atomic E-state index is 0.00919. The topological polar surface area (TPSA) is 73.8 Å². The summed E-state index contributed by atoms with van der Waals surface area (Å²) in [5.74, 6) is -0.785. The summed E-state index contributed by atoms with van der Waals surface area (Å²) >= 11 is 0. The summed E-state index contributed by atoms with van der Waals surface area (Å²) < 4.78 is 13.8. The lowest BCUT2D eigenvalue weighted by molar-refractivity contribution is -0.119.